The summed E-state index contributed by atoms with van der Waals surface area (Å²) in [6.45, 7) is 3.11. The normalized spacial score (nSPS) is 17.1. The summed E-state index contributed by atoms with van der Waals surface area (Å²) in [5.41, 5.74) is 1.07. The zero-order valence-electron chi connectivity index (χ0n) is 10.2. The fraction of sp³-hybridized carbons (Fsp3) is 0.571. The molecule has 3 heteroatoms. The van der Waals surface area contributed by atoms with Crippen LogP contribution in [-0.2, 0) is 6.42 Å². The van der Waals surface area contributed by atoms with Crippen molar-refractivity contribution in [3.8, 4) is 0 Å². The first kappa shape index (κ1) is 13.0. The summed E-state index contributed by atoms with van der Waals surface area (Å²) in [6.07, 6.45) is 4.88. The smallest absolute Gasteiger partial charge is 0.124 e. The number of likely N-dealkylation sites (N-methyl/N-ethyl adjacent to an activating group) is 1. The highest BCUT2D eigenvalue weighted by molar-refractivity contribution is 9.10. The Labute approximate surface area is 111 Å². The van der Waals surface area contributed by atoms with E-state index in [1.54, 1.807) is 6.07 Å². The largest absolute Gasteiger partial charge is 0.314 e. The fourth-order valence-electron chi connectivity index (χ4n) is 2.30. The highest BCUT2D eigenvalue weighted by Gasteiger charge is 2.25. The number of hydrogen-bond donors (Lipinski definition) is 1. The number of halogens is 2. The lowest BCUT2D eigenvalue weighted by Crippen LogP contribution is -2.31. The van der Waals surface area contributed by atoms with Crippen LogP contribution >= 0.6 is 15.9 Å². The van der Waals surface area contributed by atoms with E-state index in [1.165, 1.54) is 25.3 Å². The topological polar surface area (TPSA) is 12.0 Å². The first-order valence-electron chi connectivity index (χ1n) is 6.35. The summed E-state index contributed by atoms with van der Waals surface area (Å²) >= 11 is 3.34. The Bertz CT molecular complexity index is 356. The second-order valence-corrected chi connectivity index (χ2v) is 5.83. The third-order valence-electron chi connectivity index (χ3n) is 3.21. The average molecular weight is 300 g/mol. The molecule has 0 bridgehead atoms. The van der Waals surface area contributed by atoms with Crippen molar-refractivity contribution in [2.75, 3.05) is 6.54 Å². The van der Waals surface area contributed by atoms with Crippen molar-refractivity contribution < 1.29 is 4.39 Å². The maximum absolute atomic E-state index is 13.3. The van der Waals surface area contributed by atoms with Crippen LogP contribution in [0.2, 0.25) is 0 Å². The van der Waals surface area contributed by atoms with Gasteiger partial charge in [-0.3, -0.25) is 0 Å². The van der Waals surface area contributed by atoms with Crippen LogP contribution in [-0.4, -0.2) is 12.6 Å². The molecule has 1 saturated carbocycles. The molecular weight excluding hydrogens is 281 g/mol. The lowest BCUT2D eigenvalue weighted by Gasteiger charge is -2.18. The number of hydrogen-bond acceptors (Lipinski definition) is 1. The van der Waals surface area contributed by atoms with Gasteiger partial charge in [0, 0.05) is 10.5 Å². The first-order chi connectivity index (χ1) is 8.17. The minimum absolute atomic E-state index is 0.156. The Morgan fingerprint density at radius 3 is 2.76 bits per heavy atom. The van der Waals surface area contributed by atoms with E-state index in [4.69, 9.17) is 0 Å². The highest BCUT2D eigenvalue weighted by Crippen LogP contribution is 2.34. The Hall–Kier alpha value is -0.410. The molecule has 2 rings (SSSR count). The highest BCUT2D eigenvalue weighted by atomic mass is 79.9. The van der Waals surface area contributed by atoms with Gasteiger partial charge in [-0.25, -0.2) is 4.39 Å². The van der Waals surface area contributed by atoms with E-state index in [-0.39, 0.29) is 5.82 Å². The van der Waals surface area contributed by atoms with E-state index >= 15 is 0 Å². The van der Waals surface area contributed by atoms with Gasteiger partial charge in [0.15, 0.2) is 0 Å². The lowest BCUT2D eigenvalue weighted by molar-refractivity contribution is 0.465. The van der Waals surface area contributed by atoms with Gasteiger partial charge in [-0.2, -0.15) is 0 Å². The maximum Gasteiger partial charge on any atom is 0.124 e. The predicted molar refractivity (Wildman–Crippen MR) is 72.6 cm³/mol. The standard InChI is InChI=1S/C14H19BrFN/c1-2-17-14(7-10-3-4-10)8-11-5-12(15)9-13(16)6-11/h5-6,9-10,14,17H,2-4,7-8H2,1H3. The quantitative estimate of drug-likeness (QED) is 0.840. The molecule has 0 saturated heterocycles. The number of benzene rings is 1. The van der Waals surface area contributed by atoms with Crippen LogP contribution in [0, 0.1) is 11.7 Å². The number of rotatable bonds is 6. The molecule has 0 spiro atoms. The Kier molecular flexibility index (Phi) is 4.57. The Morgan fingerprint density at radius 1 is 1.41 bits per heavy atom. The van der Waals surface area contributed by atoms with Gasteiger partial charge >= 0.3 is 0 Å². The summed E-state index contributed by atoms with van der Waals surface area (Å²) in [5, 5.41) is 3.50. The second kappa shape index (κ2) is 5.96. The van der Waals surface area contributed by atoms with E-state index in [1.807, 2.05) is 6.07 Å². The Balaban J connectivity index is 1.99. The van der Waals surface area contributed by atoms with E-state index in [0.29, 0.717) is 6.04 Å². The maximum atomic E-state index is 13.3. The summed E-state index contributed by atoms with van der Waals surface area (Å²) in [7, 11) is 0. The summed E-state index contributed by atoms with van der Waals surface area (Å²) in [5.74, 6) is 0.743. The van der Waals surface area contributed by atoms with Gasteiger partial charge in [0.05, 0.1) is 0 Å². The molecule has 0 amide bonds. The molecule has 0 radical (unpaired) electrons. The molecule has 94 valence electrons. The van der Waals surface area contributed by atoms with Crippen molar-refractivity contribution in [2.45, 2.75) is 38.6 Å². The molecule has 1 aromatic carbocycles. The third-order valence-corrected chi connectivity index (χ3v) is 3.67. The van der Waals surface area contributed by atoms with Crippen LogP contribution in [0.15, 0.2) is 22.7 Å². The molecule has 1 aliphatic rings. The van der Waals surface area contributed by atoms with Crippen LogP contribution in [0.1, 0.15) is 31.7 Å². The molecule has 1 fully saturated rings. The van der Waals surface area contributed by atoms with Gasteiger partial charge in [0.1, 0.15) is 5.82 Å². The predicted octanol–water partition coefficient (Wildman–Crippen LogP) is 3.91. The van der Waals surface area contributed by atoms with E-state index in [2.05, 4.69) is 28.2 Å². The van der Waals surface area contributed by atoms with Crippen LogP contribution < -0.4 is 5.32 Å². The minimum Gasteiger partial charge on any atom is -0.314 e. The van der Waals surface area contributed by atoms with Crippen LogP contribution in [0.4, 0.5) is 4.39 Å². The molecule has 1 atom stereocenters. The Morgan fingerprint density at radius 2 is 2.18 bits per heavy atom. The molecule has 0 aliphatic heterocycles. The van der Waals surface area contributed by atoms with E-state index in [9.17, 15) is 4.39 Å². The molecule has 17 heavy (non-hydrogen) atoms. The summed E-state index contributed by atoms with van der Waals surface area (Å²) < 4.78 is 14.1. The molecule has 1 aromatic rings. The summed E-state index contributed by atoms with van der Waals surface area (Å²) in [6, 6.07) is 5.65. The molecule has 1 aliphatic carbocycles. The van der Waals surface area contributed by atoms with Crippen LogP contribution in [0.25, 0.3) is 0 Å². The van der Waals surface area contributed by atoms with Gasteiger partial charge in [-0.1, -0.05) is 35.7 Å². The average Bonchev–Trinajstić information content (AvgIpc) is 3.00. The minimum atomic E-state index is -0.156. The zero-order chi connectivity index (χ0) is 12.3. The molecule has 1 unspecified atom stereocenters. The molecule has 1 N–H and O–H groups in total. The molecular formula is C14H19BrFN. The molecule has 0 aromatic heterocycles. The first-order valence-corrected chi connectivity index (χ1v) is 7.15. The van der Waals surface area contributed by atoms with Gasteiger partial charge in [0.2, 0.25) is 0 Å². The number of nitrogens with one attached hydrogen (secondary N) is 1. The monoisotopic (exact) mass is 299 g/mol. The van der Waals surface area contributed by atoms with E-state index < -0.39 is 0 Å². The molecule has 0 heterocycles. The van der Waals surface area contributed by atoms with Gasteiger partial charge in [0.25, 0.3) is 0 Å². The SMILES string of the molecule is CCNC(Cc1cc(F)cc(Br)c1)CC1CC1. The zero-order valence-corrected chi connectivity index (χ0v) is 11.8. The van der Waals surface area contributed by atoms with Crippen LogP contribution in [0.5, 0.6) is 0 Å². The van der Waals surface area contributed by atoms with Gasteiger partial charge in [-0.15, -0.1) is 0 Å². The lowest BCUT2D eigenvalue weighted by atomic mass is 10.0. The van der Waals surface area contributed by atoms with Crippen molar-refractivity contribution in [3.63, 3.8) is 0 Å². The van der Waals surface area contributed by atoms with Crippen molar-refractivity contribution in [3.05, 3.63) is 34.1 Å². The van der Waals surface area contributed by atoms with Crippen molar-refractivity contribution in [2.24, 2.45) is 5.92 Å². The van der Waals surface area contributed by atoms with Crippen molar-refractivity contribution in [1.29, 1.82) is 0 Å². The second-order valence-electron chi connectivity index (χ2n) is 4.92. The van der Waals surface area contributed by atoms with E-state index in [0.717, 1.165) is 28.9 Å². The summed E-state index contributed by atoms with van der Waals surface area (Å²) in [4.78, 5) is 0. The van der Waals surface area contributed by atoms with Gasteiger partial charge in [-0.05, 0) is 49.1 Å². The fourth-order valence-corrected chi connectivity index (χ4v) is 2.81. The van der Waals surface area contributed by atoms with Crippen molar-refractivity contribution in [1.82, 2.24) is 5.32 Å². The van der Waals surface area contributed by atoms with Crippen LogP contribution in [0.3, 0.4) is 0 Å². The molecule has 1 nitrogen and oxygen atoms in total. The third kappa shape index (κ3) is 4.40. The van der Waals surface area contributed by atoms with Gasteiger partial charge < -0.3 is 5.32 Å². The van der Waals surface area contributed by atoms with Crippen molar-refractivity contribution >= 4 is 15.9 Å².